The third-order valence-electron chi connectivity index (χ3n) is 5.55. The summed E-state index contributed by atoms with van der Waals surface area (Å²) in [7, 11) is 8.93. The van der Waals surface area contributed by atoms with Gasteiger partial charge in [0.15, 0.2) is 11.5 Å². The molecule has 1 heterocycles. The highest BCUT2D eigenvalue weighted by molar-refractivity contribution is 5.74. The lowest BCUT2D eigenvalue weighted by Crippen LogP contribution is -2.45. The SMILES string of the molecule is COc1cccc([C@H](CNC(=O)N2CCc3cc(OC)c(OC)cc3C2)N(C)C)c1. The molecule has 0 aliphatic carbocycles. The fourth-order valence-electron chi connectivity index (χ4n) is 3.80. The Bertz CT molecular complexity index is 885. The average Bonchev–Trinajstić information content (AvgIpc) is 2.77. The first-order chi connectivity index (χ1) is 14.5. The summed E-state index contributed by atoms with van der Waals surface area (Å²) in [5.41, 5.74) is 3.38. The van der Waals surface area contributed by atoms with Crippen LogP contribution in [0, 0.1) is 0 Å². The maximum Gasteiger partial charge on any atom is 0.317 e. The monoisotopic (exact) mass is 413 g/mol. The highest BCUT2D eigenvalue weighted by Crippen LogP contribution is 2.33. The van der Waals surface area contributed by atoms with Crippen LogP contribution < -0.4 is 19.5 Å². The van der Waals surface area contributed by atoms with Gasteiger partial charge in [0.1, 0.15) is 5.75 Å². The molecule has 3 rings (SSSR count). The van der Waals surface area contributed by atoms with Gasteiger partial charge in [0.2, 0.25) is 0 Å². The van der Waals surface area contributed by atoms with Gasteiger partial charge >= 0.3 is 6.03 Å². The van der Waals surface area contributed by atoms with Gasteiger partial charge in [0, 0.05) is 19.6 Å². The van der Waals surface area contributed by atoms with Crippen LogP contribution in [0.2, 0.25) is 0 Å². The van der Waals surface area contributed by atoms with E-state index in [2.05, 4.69) is 16.3 Å². The molecule has 0 unspecified atom stereocenters. The number of nitrogens with one attached hydrogen (secondary N) is 1. The molecule has 1 aliphatic rings. The molecule has 30 heavy (non-hydrogen) atoms. The van der Waals surface area contributed by atoms with Crippen LogP contribution in [0.25, 0.3) is 0 Å². The van der Waals surface area contributed by atoms with Gasteiger partial charge in [-0.05, 0) is 61.5 Å². The molecule has 0 saturated carbocycles. The zero-order valence-corrected chi connectivity index (χ0v) is 18.4. The molecule has 2 amide bonds. The van der Waals surface area contributed by atoms with Gasteiger partial charge < -0.3 is 29.3 Å². The Kier molecular flexibility index (Phi) is 7.05. The number of urea groups is 1. The highest BCUT2D eigenvalue weighted by Gasteiger charge is 2.24. The van der Waals surface area contributed by atoms with Crippen LogP contribution >= 0.6 is 0 Å². The Balaban J connectivity index is 1.67. The van der Waals surface area contributed by atoms with Crippen LogP contribution in [-0.4, -0.2) is 64.3 Å². The summed E-state index contributed by atoms with van der Waals surface area (Å²) in [6.07, 6.45) is 0.788. The molecule has 2 aromatic carbocycles. The minimum atomic E-state index is -0.0646. The quantitative estimate of drug-likeness (QED) is 0.756. The lowest BCUT2D eigenvalue weighted by atomic mass is 9.99. The zero-order chi connectivity index (χ0) is 21.7. The smallest absolute Gasteiger partial charge is 0.317 e. The number of fused-ring (bicyclic) bond motifs is 1. The van der Waals surface area contributed by atoms with E-state index in [0.717, 1.165) is 29.0 Å². The minimum Gasteiger partial charge on any atom is -0.497 e. The topological polar surface area (TPSA) is 63.3 Å². The highest BCUT2D eigenvalue weighted by atomic mass is 16.5. The Morgan fingerprint density at radius 3 is 2.40 bits per heavy atom. The molecular weight excluding hydrogens is 382 g/mol. The van der Waals surface area contributed by atoms with Crippen molar-refractivity contribution in [1.29, 1.82) is 0 Å². The van der Waals surface area contributed by atoms with Crippen LogP contribution in [0.4, 0.5) is 4.79 Å². The van der Waals surface area contributed by atoms with Crippen molar-refractivity contribution in [3.63, 3.8) is 0 Å². The lowest BCUT2D eigenvalue weighted by molar-refractivity contribution is 0.187. The van der Waals surface area contributed by atoms with E-state index in [0.29, 0.717) is 25.4 Å². The molecule has 0 aromatic heterocycles. The average molecular weight is 414 g/mol. The van der Waals surface area contributed by atoms with Gasteiger partial charge in [-0.25, -0.2) is 4.79 Å². The van der Waals surface area contributed by atoms with Crippen LogP contribution in [0.1, 0.15) is 22.7 Å². The predicted molar refractivity (Wildman–Crippen MR) is 116 cm³/mol. The molecule has 162 valence electrons. The molecule has 2 aromatic rings. The van der Waals surface area contributed by atoms with Crippen LogP contribution in [0.15, 0.2) is 36.4 Å². The minimum absolute atomic E-state index is 0.0467. The number of benzene rings is 2. The summed E-state index contributed by atoms with van der Waals surface area (Å²) in [5, 5.41) is 3.10. The van der Waals surface area contributed by atoms with Gasteiger partial charge in [-0.15, -0.1) is 0 Å². The third kappa shape index (κ3) is 4.79. The van der Waals surface area contributed by atoms with Crippen molar-refractivity contribution in [2.24, 2.45) is 0 Å². The summed E-state index contributed by atoms with van der Waals surface area (Å²) in [4.78, 5) is 16.8. The fourth-order valence-corrected chi connectivity index (χ4v) is 3.80. The molecule has 0 spiro atoms. The largest absolute Gasteiger partial charge is 0.497 e. The Hall–Kier alpha value is -2.93. The van der Waals surface area contributed by atoms with Crippen LogP contribution in [0.3, 0.4) is 0 Å². The first-order valence-electron chi connectivity index (χ1n) is 10.0. The van der Waals surface area contributed by atoms with Crippen LogP contribution in [0.5, 0.6) is 17.2 Å². The maximum absolute atomic E-state index is 12.9. The number of amides is 2. The first kappa shape index (κ1) is 21.8. The molecule has 1 N–H and O–H groups in total. The second-order valence-electron chi connectivity index (χ2n) is 7.59. The van der Waals surface area contributed by atoms with Gasteiger partial charge in [0.25, 0.3) is 0 Å². The molecular formula is C23H31N3O4. The number of hydrogen-bond donors (Lipinski definition) is 1. The number of methoxy groups -OCH3 is 3. The Morgan fingerprint density at radius 2 is 1.77 bits per heavy atom. The van der Waals surface area contributed by atoms with E-state index in [1.54, 1.807) is 21.3 Å². The molecule has 1 aliphatic heterocycles. The van der Waals surface area contributed by atoms with Gasteiger partial charge in [0.05, 0.1) is 27.4 Å². The van der Waals surface area contributed by atoms with Crippen molar-refractivity contribution < 1.29 is 19.0 Å². The molecule has 0 bridgehead atoms. The van der Waals surface area contributed by atoms with Gasteiger partial charge in [-0.1, -0.05) is 12.1 Å². The molecule has 0 fully saturated rings. The summed E-state index contributed by atoms with van der Waals surface area (Å²) >= 11 is 0. The van der Waals surface area contributed by atoms with E-state index in [1.807, 2.05) is 49.3 Å². The summed E-state index contributed by atoms with van der Waals surface area (Å²) in [5.74, 6) is 2.22. The number of nitrogens with zero attached hydrogens (tertiary/aromatic N) is 2. The Morgan fingerprint density at radius 1 is 1.07 bits per heavy atom. The van der Waals surface area contributed by atoms with Crippen molar-refractivity contribution in [2.45, 2.75) is 19.0 Å². The second-order valence-corrected chi connectivity index (χ2v) is 7.59. The third-order valence-corrected chi connectivity index (χ3v) is 5.55. The molecule has 0 saturated heterocycles. The normalized spacial score (nSPS) is 14.1. The van der Waals surface area contributed by atoms with E-state index in [9.17, 15) is 4.79 Å². The van der Waals surface area contributed by atoms with Crippen molar-refractivity contribution in [3.05, 3.63) is 53.1 Å². The number of hydrogen-bond acceptors (Lipinski definition) is 5. The van der Waals surface area contributed by atoms with E-state index < -0.39 is 0 Å². The molecule has 7 nitrogen and oxygen atoms in total. The van der Waals surface area contributed by atoms with Crippen molar-refractivity contribution >= 4 is 6.03 Å². The van der Waals surface area contributed by atoms with Crippen molar-refractivity contribution in [1.82, 2.24) is 15.1 Å². The molecule has 0 radical (unpaired) electrons. The predicted octanol–water partition coefficient (Wildman–Crippen LogP) is 3.08. The van der Waals surface area contributed by atoms with E-state index in [1.165, 1.54) is 5.56 Å². The lowest BCUT2D eigenvalue weighted by Gasteiger charge is -2.31. The number of carbonyl (C=O) groups excluding carboxylic acids is 1. The van der Waals surface area contributed by atoms with Gasteiger partial charge in [-0.3, -0.25) is 0 Å². The van der Waals surface area contributed by atoms with Crippen molar-refractivity contribution in [3.8, 4) is 17.2 Å². The number of likely N-dealkylation sites (N-methyl/N-ethyl adjacent to an activating group) is 1. The number of rotatable bonds is 7. The fraction of sp³-hybridized carbons (Fsp3) is 0.435. The van der Waals surface area contributed by atoms with E-state index in [4.69, 9.17) is 14.2 Å². The van der Waals surface area contributed by atoms with E-state index >= 15 is 0 Å². The maximum atomic E-state index is 12.9. The molecule has 1 atom stereocenters. The Labute approximate surface area is 178 Å². The first-order valence-corrected chi connectivity index (χ1v) is 10.0. The van der Waals surface area contributed by atoms with Gasteiger partial charge in [-0.2, -0.15) is 0 Å². The van der Waals surface area contributed by atoms with Crippen molar-refractivity contribution in [2.75, 3.05) is 48.5 Å². The summed E-state index contributed by atoms with van der Waals surface area (Å²) in [6, 6.07) is 11.9. The number of carbonyl (C=O) groups is 1. The van der Waals surface area contributed by atoms with Crippen LogP contribution in [-0.2, 0) is 13.0 Å². The summed E-state index contributed by atoms with van der Waals surface area (Å²) in [6.45, 7) is 1.72. The number of ether oxygens (including phenoxy) is 3. The second kappa shape index (κ2) is 9.71. The van der Waals surface area contributed by atoms with E-state index in [-0.39, 0.29) is 12.1 Å². The molecule has 7 heteroatoms. The standard InChI is InChI=1S/C23H31N3O4/c1-25(2)20(17-7-6-8-19(11-17)28-3)14-24-23(27)26-10-9-16-12-21(29-4)22(30-5)13-18(16)15-26/h6-8,11-13,20H,9-10,14-15H2,1-5H3,(H,24,27)/t20-/m0/s1. The zero-order valence-electron chi connectivity index (χ0n) is 18.4. The summed E-state index contributed by atoms with van der Waals surface area (Å²) < 4.78 is 16.1.